The zero-order valence-corrected chi connectivity index (χ0v) is 16.6. The average Bonchev–Trinajstić information content (AvgIpc) is 3.02. The number of aryl methyl sites for hydroxylation is 1. The molecule has 2 aliphatic rings. The molecule has 0 saturated carbocycles. The van der Waals surface area contributed by atoms with E-state index in [1.807, 2.05) is 18.8 Å². The Morgan fingerprint density at radius 3 is 2.91 bits per heavy atom. The van der Waals surface area contributed by atoms with Crippen molar-refractivity contribution in [3.63, 3.8) is 0 Å². The van der Waals surface area contributed by atoms with Gasteiger partial charge in [-0.1, -0.05) is 0 Å². The first-order chi connectivity index (χ1) is 10.1. The predicted molar refractivity (Wildman–Crippen MR) is 102 cm³/mol. The molecule has 1 saturated heterocycles. The van der Waals surface area contributed by atoms with Gasteiger partial charge in [0.1, 0.15) is 5.82 Å². The Morgan fingerprint density at radius 1 is 1.36 bits per heavy atom. The number of nitrogens with one attached hydrogen (secondary N) is 1. The monoisotopic (exact) mass is 436 g/mol. The fourth-order valence-electron chi connectivity index (χ4n) is 3.03. The molecule has 1 N–H and O–H groups in total. The Bertz CT molecular complexity index is 541. The number of nitrogens with zero attached hydrogens (tertiary/aromatic N) is 5. The van der Waals surface area contributed by atoms with Crippen LogP contribution in [0, 0.1) is 0 Å². The summed E-state index contributed by atoms with van der Waals surface area (Å²) in [4.78, 5) is 6.78. The number of rotatable bonds is 2. The van der Waals surface area contributed by atoms with Gasteiger partial charge in [0, 0.05) is 43.6 Å². The number of hydrogen-bond donors (Lipinski definition) is 1. The average molecular weight is 436 g/mol. The molecule has 3 rings (SSSR count). The van der Waals surface area contributed by atoms with Crippen molar-refractivity contribution < 1.29 is 0 Å². The van der Waals surface area contributed by atoms with Gasteiger partial charge in [-0.3, -0.25) is 4.99 Å². The Kier molecular flexibility index (Phi) is 5.98. The van der Waals surface area contributed by atoms with E-state index in [2.05, 4.69) is 43.8 Å². The van der Waals surface area contributed by atoms with Crippen LogP contribution < -0.4 is 5.32 Å². The van der Waals surface area contributed by atoms with Gasteiger partial charge >= 0.3 is 0 Å². The number of halogens is 1. The summed E-state index contributed by atoms with van der Waals surface area (Å²) in [6.07, 6.45) is 2.24. The van der Waals surface area contributed by atoms with Crippen molar-refractivity contribution in [3.05, 3.63) is 11.6 Å². The summed E-state index contributed by atoms with van der Waals surface area (Å²) >= 11 is 2.03. The highest BCUT2D eigenvalue weighted by Crippen LogP contribution is 2.29. The van der Waals surface area contributed by atoms with Crippen molar-refractivity contribution in [1.82, 2.24) is 25.0 Å². The minimum absolute atomic E-state index is 0. The lowest BCUT2D eigenvalue weighted by molar-refractivity contribution is 0.375. The highest BCUT2D eigenvalue weighted by molar-refractivity contribution is 14.0. The van der Waals surface area contributed by atoms with E-state index in [4.69, 9.17) is 0 Å². The van der Waals surface area contributed by atoms with Crippen molar-refractivity contribution in [2.45, 2.75) is 44.5 Å². The number of aliphatic imine (C=N–C) groups is 1. The molecule has 8 heteroatoms. The van der Waals surface area contributed by atoms with Gasteiger partial charge in [-0.15, -0.1) is 34.2 Å². The van der Waals surface area contributed by atoms with Gasteiger partial charge in [0.15, 0.2) is 11.8 Å². The van der Waals surface area contributed by atoms with Gasteiger partial charge in [0.25, 0.3) is 0 Å². The summed E-state index contributed by atoms with van der Waals surface area (Å²) in [5.74, 6) is 4.26. The van der Waals surface area contributed by atoms with Gasteiger partial charge in [0.05, 0.1) is 6.54 Å². The second kappa shape index (κ2) is 7.37. The van der Waals surface area contributed by atoms with Crippen LogP contribution in [-0.4, -0.2) is 56.3 Å². The maximum Gasteiger partial charge on any atom is 0.194 e. The zero-order valence-electron chi connectivity index (χ0n) is 13.5. The standard InChI is InChI=1S/C14H24N6S.HI/c1-14(2)10-19(7-8-21-14)13(15-3)16-9-12-18-17-11-5-4-6-20(11)12;/h4-10H2,1-3H3,(H,15,16);1H. The Hall–Kier alpha value is -0.510. The Labute approximate surface area is 153 Å². The zero-order chi connectivity index (χ0) is 14.9. The summed E-state index contributed by atoms with van der Waals surface area (Å²) in [6, 6.07) is 0. The lowest BCUT2D eigenvalue weighted by atomic mass is 10.2. The number of hydrogen-bond acceptors (Lipinski definition) is 4. The third-order valence-corrected chi connectivity index (χ3v) is 5.32. The van der Waals surface area contributed by atoms with E-state index in [0.717, 1.165) is 49.4 Å². The first-order valence-corrected chi connectivity index (χ1v) is 8.58. The molecule has 1 aromatic rings. The summed E-state index contributed by atoms with van der Waals surface area (Å²) in [5.41, 5.74) is 0. The molecule has 1 fully saturated rings. The van der Waals surface area contributed by atoms with Crippen LogP contribution in [0.3, 0.4) is 0 Å². The quantitative estimate of drug-likeness (QED) is 0.435. The third kappa shape index (κ3) is 3.87. The van der Waals surface area contributed by atoms with E-state index in [1.165, 1.54) is 6.42 Å². The summed E-state index contributed by atoms with van der Waals surface area (Å²) in [5, 5.41) is 12.0. The largest absolute Gasteiger partial charge is 0.349 e. The van der Waals surface area contributed by atoms with Crippen LogP contribution in [0.15, 0.2) is 4.99 Å². The van der Waals surface area contributed by atoms with Gasteiger partial charge in [-0.2, -0.15) is 11.8 Å². The SMILES string of the molecule is CN=C(NCc1nnc2n1CCC2)N1CCSC(C)(C)C1.I. The van der Waals surface area contributed by atoms with Crippen LogP contribution in [0.5, 0.6) is 0 Å². The Balaban J connectivity index is 0.00000176. The van der Waals surface area contributed by atoms with Gasteiger partial charge < -0.3 is 14.8 Å². The molecule has 2 aliphatic heterocycles. The first kappa shape index (κ1) is 17.8. The molecular formula is C14H25IN6S. The second-order valence-corrected chi connectivity index (χ2v) is 8.02. The molecule has 0 amide bonds. The van der Waals surface area contributed by atoms with Crippen molar-refractivity contribution >= 4 is 41.7 Å². The van der Waals surface area contributed by atoms with Crippen molar-refractivity contribution in [3.8, 4) is 0 Å². The van der Waals surface area contributed by atoms with E-state index >= 15 is 0 Å². The Morgan fingerprint density at radius 2 is 2.18 bits per heavy atom. The summed E-state index contributed by atoms with van der Waals surface area (Å²) in [7, 11) is 1.85. The molecular weight excluding hydrogens is 411 g/mol. The van der Waals surface area contributed by atoms with Crippen molar-refractivity contribution in [2.75, 3.05) is 25.9 Å². The normalized spacial score (nSPS) is 20.5. The van der Waals surface area contributed by atoms with E-state index in [1.54, 1.807) is 0 Å². The maximum atomic E-state index is 4.44. The minimum Gasteiger partial charge on any atom is -0.349 e. The van der Waals surface area contributed by atoms with Gasteiger partial charge in [-0.25, -0.2) is 0 Å². The molecule has 0 spiro atoms. The number of fused-ring (bicyclic) bond motifs is 1. The highest BCUT2D eigenvalue weighted by Gasteiger charge is 2.28. The van der Waals surface area contributed by atoms with Crippen LogP contribution in [-0.2, 0) is 19.5 Å². The van der Waals surface area contributed by atoms with E-state index < -0.39 is 0 Å². The molecule has 0 aromatic carbocycles. The van der Waals surface area contributed by atoms with E-state index in [9.17, 15) is 0 Å². The van der Waals surface area contributed by atoms with Crippen LogP contribution >= 0.6 is 35.7 Å². The van der Waals surface area contributed by atoms with E-state index in [0.29, 0.717) is 6.54 Å². The van der Waals surface area contributed by atoms with Crippen LogP contribution in [0.1, 0.15) is 31.9 Å². The fraction of sp³-hybridized carbons (Fsp3) is 0.786. The lowest BCUT2D eigenvalue weighted by Gasteiger charge is -2.39. The predicted octanol–water partition coefficient (Wildman–Crippen LogP) is 1.75. The van der Waals surface area contributed by atoms with Crippen LogP contribution in [0.4, 0.5) is 0 Å². The van der Waals surface area contributed by atoms with Gasteiger partial charge in [-0.05, 0) is 20.3 Å². The smallest absolute Gasteiger partial charge is 0.194 e. The van der Waals surface area contributed by atoms with Crippen molar-refractivity contribution in [1.29, 1.82) is 0 Å². The van der Waals surface area contributed by atoms with Crippen molar-refractivity contribution in [2.24, 2.45) is 4.99 Å². The number of thioether (sulfide) groups is 1. The minimum atomic E-state index is 0. The fourth-order valence-corrected chi connectivity index (χ4v) is 4.14. The molecule has 1 aromatic heterocycles. The molecule has 0 radical (unpaired) electrons. The highest BCUT2D eigenvalue weighted by atomic mass is 127. The molecule has 22 heavy (non-hydrogen) atoms. The van der Waals surface area contributed by atoms with Gasteiger partial charge in [0.2, 0.25) is 0 Å². The first-order valence-electron chi connectivity index (χ1n) is 7.59. The lowest BCUT2D eigenvalue weighted by Crippen LogP contribution is -2.50. The van der Waals surface area contributed by atoms with E-state index in [-0.39, 0.29) is 28.7 Å². The molecule has 124 valence electrons. The molecule has 0 bridgehead atoms. The molecule has 0 unspecified atom stereocenters. The molecule has 0 aliphatic carbocycles. The molecule has 3 heterocycles. The third-order valence-electron chi connectivity index (χ3n) is 4.03. The second-order valence-electron chi connectivity index (χ2n) is 6.22. The summed E-state index contributed by atoms with van der Waals surface area (Å²) in [6.45, 7) is 8.40. The maximum absolute atomic E-state index is 4.44. The number of guanidine groups is 1. The molecule has 6 nitrogen and oxygen atoms in total. The summed E-state index contributed by atoms with van der Waals surface area (Å²) < 4.78 is 2.52. The number of aromatic nitrogens is 3. The topological polar surface area (TPSA) is 58.3 Å². The van der Waals surface area contributed by atoms with Crippen LogP contribution in [0.25, 0.3) is 0 Å². The van der Waals surface area contributed by atoms with Crippen LogP contribution in [0.2, 0.25) is 0 Å². The molecule has 0 atom stereocenters.